The summed E-state index contributed by atoms with van der Waals surface area (Å²) in [6.07, 6.45) is 67.5. The molecule has 8 nitrogen and oxygen atoms in total. The number of hydrogen-bond acceptors (Lipinski definition) is 6. The first-order valence-corrected chi connectivity index (χ1v) is 31.8. The van der Waals surface area contributed by atoms with Crippen molar-refractivity contribution in [3.8, 4) is 0 Å². The molecule has 0 aliphatic heterocycles. The number of allylic oxidation sites excluding steroid dienone is 6. The molecule has 0 aromatic rings. The van der Waals surface area contributed by atoms with Crippen LogP contribution in [-0.2, 0) is 18.4 Å². The van der Waals surface area contributed by atoms with Gasteiger partial charge in [0.2, 0.25) is 5.91 Å². The fourth-order valence-corrected chi connectivity index (χ4v) is 9.83. The number of aliphatic hydroxyl groups excluding tert-OH is 1. The smallest absolute Gasteiger partial charge is 0.268 e. The summed E-state index contributed by atoms with van der Waals surface area (Å²) in [7, 11) is 1.31. The van der Waals surface area contributed by atoms with E-state index in [9.17, 15) is 19.4 Å². The molecule has 414 valence electrons. The number of phosphoric ester groups is 1. The van der Waals surface area contributed by atoms with Crippen molar-refractivity contribution in [1.82, 2.24) is 5.32 Å². The highest BCUT2D eigenvalue weighted by Gasteiger charge is 2.24. The van der Waals surface area contributed by atoms with E-state index in [0.717, 1.165) is 57.8 Å². The van der Waals surface area contributed by atoms with Gasteiger partial charge in [-0.15, -0.1) is 0 Å². The first-order valence-electron chi connectivity index (χ1n) is 30.3. The quantitative estimate of drug-likeness (QED) is 0.0272. The fourth-order valence-electron chi connectivity index (χ4n) is 9.11. The van der Waals surface area contributed by atoms with Crippen LogP contribution in [0, 0.1) is 0 Å². The molecule has 0 aliphatic rings. The van der Waals surface area contributed by atoms with E-state index < -0.39 is 20.0 Å². The Morgan fingerprint density at radius 2 is 0.829 bits per heavy atom. The third-order valence-corrected chi connectivity index (χ3v) is 14.8. The minimum absolute atomic E-state index is 0.0107. The summed E-state index contributed by atoms with van der Waals surface area (Å²) in [5.41, 5.74) is 0. The molecule has 70 heavy (non-hydrogen) atoms. The van der Waals surface area contributed by atoms with Gasteiger partial charge in [-0.1, -0.05) is 275 Å². The van der Waals surface area contributed by atoms with Crippen molar-refractivity contribution >= 4 is 13.7 Å². The summed E-state index contributed by atoms with van der Waals surface area (Å²) >= 11 is 0. The number of amides is 1. The van der Waals surface area contributed by atoms with Crippen LogP contribution < -0.4 is 10.2 Å². The number of likely N-dealkylation sites (N-methyl/N-ethyl adjacent to an activating group) is 1. The van der Waals surface area contributed by atoms with Crippen molar-refractivity contribution in [3.05, 3.63) is 36.5 Å². The number of hydrogen-bond donors (Lipinski definition) is 2. The molecule has 0 fully saturated rings. The highest BCUT2D eigenvalue weighted by Crippen LogP contribution is 2.38. The maximum Gasteiger partial charge on any atom is 0.268 e. The van der Waals surface area contributed by atoms with E-state index in [1.54, 1.807) is 0 Å². The van der Waals surface area contributed by atoms with Gasteiger partial charge in [0.05, 0.1) is 39.9 Å². The van der Waals surface area contributed by atoms with Crippen LogP contribution in [-0.4, -0.2) is 68.5 Å². The average molecular weight is 1010 g/mol. The lowest BCUT2D eigenvalue weighted by Crippen LogP contribution is -2.46. The molecule has 9 heteroatoms. The molecule has 3 unspecified atom stereocenters. The maximum absolute atomic E-state index is 13.0. The number of carbonyl (C=O) groups is 1. The molecule has 3 atom stereocenters. The zero-order valence-electron chi connectivity index (χ0n) is 47.2. The molecule has 0 aromatic heterocycles. The summed E-state index contributed by atoms with van der Waals surface area (Å²) in [5.74, 6) is -0.168. The van der Waals surface area contributed by atoms with Crippen LogP contribution in [0.1, 0.15) is 296 Å². The van der Waals surface area contributed by atoms with E-state index in [1.807, 2.05) is 21.1 Å². The SMILES string of the molecule is CCCCCCC/C=C\C/C=C\C/C=C\CCCCCCCCCCC(=O)NC(COP(=O)([O-])OCC[N+](C)(C)C)C(O)CCCCCCCCCCCCCCCCCCCCCCCCCCC. The minimum atomic E-state index is -4.58. The summed E-state index contributed by atoms with van der Waals surface area (Å²) in [4.78, 5) is 25.6. The number of quaternary nitrogens is 1. The van der Waals surface area contributed by atoms with Gasteiger partial charge in [0.25, 0.3) is 7.82 Å². The normalized spacial score (nSPS) is 14.1. The molecular formula is C61H119N2O6P. The number of carbonyl (C=O) groups excluding carboxylic acids is 1. The van der Waals surface area contributed by atoms with Crippen LogP contribution in [0.15, 0.2) is 36.5 Å². The molecule has 0 aliphatic carbocycles. The lowest BCUT2D eigenvalue weighted by atomic mass is 10.0. The van der Waals surface area contributed by atoms with Gasteiger partial charge in [-0.25, -0.2) is 0 Å². The van der Waals surface area contributed by atoms with Crippen molar-refractivity contribution in [3.63, 3.8) is 0 Å². The number of rotatable bonds is 56. The van der Waals surface area contributed by atoms with E-state index in [4.69, 9.17) is 9.05 Å². The third kappa shape index (κ3) is 54.5. The third-order valence-electron chi connectivity index (χ3n) is 13.9. The van der Waals surface area contributed by atoms with Gasteiger partial charge in [0.15, 0.2) is 0 Å². The van der Waals surface area contributed by atoms with Crippen molar-refractivity contribution in [2.24, 2.45) is 0 Å². The number of nitrogens with zero attached hydrogens (tertiary/aromatic N) is 1. The number of unbranched alkanes of at least 4 members (excludes halogenated alkanes) is 37. The summed E-state index contributed by atoms with van der Waals surface area (Å²) in [6.45, 7) is 4.74. The number of aliphatic hydroxyl groups is 1. The van der Waals surface area contributed by atoms with Crippen LogP contribution in [0.4, 0.5) is 0 Å². The second kappa shape index (κ2) is 52.6. The largest absolute Gasteiger partial charge is 0.756 e. The van der Waals surface area contributed by atoms with Gasteiger partial charge in [-0.2, -0.15) is 0 Å². The molecule has 0 spiro atoms. The van der Waals surface area contributed by atoms with E-state index in [1.165, 1.54) is 212 Å². The Hall–Kier alpha value is -1.28. The highest BCUT2D eigenvalue weighted by atomic mass is 31.2. The Balaban J connectivity index is 4.15. The van der Waals surface area contributed by atoms with E-state index >= 15 is 0 Å². The van der Waals surface area contributed by atoms with E-state index in [0.29, 0.717) is 23.9 Å². The van der Waals surface area contributed by atoms with Crippen LogP contribution in [0.5, 0.6) is 0 Å². The zero-order valence-corrected chi connectivity index (χ0v) is 48.1. The van der Waals surface area contributed by atoms with Gasteiger partial charge in [-0.05, 0) is 51.4 Å². The van der Waals surface area contributed by atoms with Crippen molar-refractivity contribution < 1.29 is 32.9 Å². The predicted molar refractivity (Wildman–Crippen MR) is 302 cm³/mol. The molecule has 1 amide bonds. The van der Waals surface area contributed by atoms with E-state index in [2.05, 4.69) is 55.6 Å². The second-order valence-corrected chi connectivity index (χ2v) is 23.5. The van der Waals surface area contributed by atoms with E-state index in [-0.39, 0.29) is 19.1 Å². The lowest BCUT2D eigenvalue weighted by Gasteiger charge is -2.30. The van der Waals surface area contributed by atoms with Gasteiger partial charge < -0.3 is 28.8 Å². The second-order valence-electron chi connectivity index (χ2n) is 22.1. The van der Waals surface area contributed by atoms with Gasteiger partial charge in [0.1, 0.15) is 13.2 Å². The highest BCUT2D eigenvalue weighted by molar-refractivity contribution is 7.45. The number of phosphoric acid groups is 1. The van der Waals surface area contributed by atoms with Crippen LogP contribution in [0.3, 0.4) is 0 Å². The van der Waals surface area contributed by atoms with Gasteiger partial charge in [-0.3, -0.25) is 9.36 Å². The van der Waals surface area contributed by atoms with Crippen molar-refractivity contribution in [2.45, 2.75) is 309 Å². The first-order chi connectivity index (χ1) is 34.0. The average Bonchev–Trinajstić information content (AvgIpc) is 3.32. The van der Waals surface area contributed by atoms with Crippen molar-refractivity contribution in [2.75, 3.05) is 40.9 Å². The molecule has 2 N–H and O–H groups in total. The van der Waals surface area contributed by atoms with Crippen LogP contribution >= 0.6 is 7.82 Å². The Kier molecular flexibility index (Phi) is 51.6. The molecule has 0 saturated heterocycles. The summed E-state index contributed by atoms with van der Waals surface area (Å²) in [5, 5.41) is 14.0. The Bertz CT molecular complexity index is 1230. The molecule has 0 radical (unpaired) electrons. The fraction of sp³-hybridized carbons (Fsp3) is 0.885. The molecule has 0 heterocycles. The lowest BCUT2D eigenvalue weighted by molar-refractivity contribution is -0.870. The zero-order chi connectivity index (χ0) is 51.3. The standard InChI is InChI=1S/C61H119N2O6P/c1-6-8-10-12-14-16-18-20-22-24-26-28-30-31-33-34-36-38-40-42-44-46-48-50-52-54-60(64)59(58-69-70(66,67)68-57-56-63(3,4)5)62-61(65)55-53-51-49-47-45-43-41-39-37-35-32-29-27-25-23-21-19-17-15-13-11-9-7-2/h19,21,25,27,32,35,59-60,64H,6-18,20,22-24,26,28-31,33-34,36-58H2,1-5H3,(H-,62,65,66,67)/b21-19-,27-25-,35-32-. The van der Waals surface area contributed by atoms with Gasteiger partial charge in [0, 0.05) is 6.42 Å². The molecule has 0 bridgehead atoms. The Morgan fingerprint density at radius 1 is 0.500 bits per heavy atom. The molecule has 0 rings (SSSR count). The topological polar surface area (TPSA) is 108 Å². The Labute approximate surface area is 436 Å². The molecule has 0 aromatic carbocycles. The molecular weight excluding hydrogens is 888 g/mol. The summed E-state index contributed by atoms with van der Waals surface area (Å²) < 4.78 is 23.5. The van der Waals surface area contributed by atoms with Crippen molar-refractivity contribution in [1.29, 1.82) is 0 Å². The molecule has 0 saturated carbocycles. The maximum atomic E-state index is 13.0. The Morgan fingerprint density at radius 3 is 1.20 bits per heavy atom. The first kappa shape index (κ1) is 68.7. The minimum Gasteiger partial charge on any atom is -0.756 e. The predicted octanol–water partition coefficient (Wildman–Crippen LogP) is 17.9. The number of nitrogens with one attached hydrogen (secondary N) is 1. The van der Waals surface area contributed by atoms with Crippen LogP contribution in [0.25, 0.3) is 0 Å². The van der Waals surface area contributed by atoms with Crippen LogP contribution in [0.2, 0.25) is 0 Å². The monoisotopic (exact) mass is 1010 g/mol. The summed E-state index contributed by atoms with van der Waals surface area (Å²) in [6, 6.07) is -0.806. The van der Waals surface area contributed by atoms with Gasteiger partial charge >= 0.3 is 0 Å².